The number of ether oxygens (including phenoxy) is 2. The van der Waals surface area contributed by atoms with E-state index in [1.165, 1.54) is 5.56 Å². The smallest absolute Gasteiger partial charge is 0.161 e. The third-order valence-corrected chi connectivity index (χ3v) is 5.56. The first-order valence-corrected chi connectivity index (χ1v) is 9.41. The summed E-state index contributed by atoms with van der Waals surface area (Å²) in [5.74, 6) is 1.06. The Hall–Kier alpha value is -2.07. The normalized spacial score (nSPS) is 19.5. The summed E-state index contributed by atoms with van der Waals surface area (Å²) in [6.07, 6.45) is 3.96. The molecule has 27 heavy (non-hydrogen) atoms. The SMILES string of the molecule is COCC(C)(C)c1ccc(N2CC(=O)C(C)(C)/C(=C\C=C(/C)OC)C2)cc1. The fourth-order valence-electron chi connectivity index (χ4n) is 3.31. The van der Waals surface area contributed by atoms with Crippen LogP contribution in [0.1, 0.15) is 40.2 Å². The van der Waals surface area contributed by atoms with E-state index in [4.69, 9.17) is 9.47 Å². The molecule has 2 rings (SSSR count). The first-order chi connectivity index (χ1) is 12.6. The molecule has 0 spiro atoms. The zero-order chi connectivity index (χ0) is 20.2. The number of anilines is 1. The van der Waals surface area contributed by atoms with Crippen molar-refractivity contribution in [3.05, 3.63) is 53.3 Å². The lowest BCUT2D eigenvalue weighted by Gasteiger charge is -2.39. The molecular formula is C23H33NO3. The molecule has 1 aromatic rings. The third-order valence-electron chi connectivity index (χ3n) is 5.56. The first-order valence-electron chi connectivity index (χ1n) is 9.41. The van der Waals surface area contributed by atoms with Crippen molar-refractivity contribution in [1.29, 1.82) is 0 Å². The molecule has 4 nitrogen and oxygen atoms in total. The number of rotatable bonds is 6. The van der Waals surface area contributed by atoms with Gasteiger partial charge in [-0.25, -0.2) is 0 Å². The zero-order valence-corrected chi connectivity index (χ0v) is 17.8. The second-order valence-corrected chi connectivity index (χ2v) is 8.44. The quantitative estimate of drug-likeness (QED) is 0.690. The van der Waals surface area contributed by atoms with Gasteiger partial charge in [0.15, 0.2) is 5.78 Å². The molecule has 0 N–H and O–H groups in total. The van der Waals surface area contributed by atoms with E-state index < -0.39 is 5.41 Å². The fourth-order valence-corrected chi connectivity index (χ4v) is 3.31. The fraction of sp³-hybridized carbons (Fsp3) is 0.522. The Morgan fingerprint density at radius 2 is 1.81 bits per heavy atom. The molecule has 0 aliphatic carbocycles. The third kappa shape index (κ3) is 4.81. The lowest BCUT2D eigenvalue weighted by atomic mass is 9.76. The summed E-state index contributed by atoms with van der Waals surface area (Å²) in [7, 11) is 3.38. The van der Waals surface area contributed by atoms with Crippen LogP contribution in [0, 0.1) is 5.41 Å². The van der Waals surface area contributed by atoms with Crippen molar-refractivity contribution in [2.75, 3.05) is 38.8 Å². The first kappa shape index (κ1) is 21.2. The molecule has 1 saturated heterocycles. The van der Waals surface area contributed by atoms with Crippen LogP contribution >= 0.6 is 0 Å². The Balaban J connectivity index is 2.27. The Morgan fingerprint density at radius 1 is 1.19 bits per heavy atom. The topological polar surface area (TPSA) is 38.8 Å². The highest BCUT2D eigenvalue weighted by atomic mass is 16.5. The second kappa shape index (κ2) is 8.30. The zero-order valence-electron chi connectivity index (χ0n) is 17.8. The molecule has 0 atom stereocenters. The molecule has 0 bridgehead atoms. The molecule has 0 unspecified atom stereocenters. The van der Waals surface area contributed by atoms with E-state index >= 15 is 0 Å². The minimum absolute atomic E-state index is 0.0411. The number of ketones is 1. The van der Waals surface area contributed by atoms with Crippen molar-refractivity contribution >= 4 is 11.5 Å². The lowest BCUT2D eigenvalue weighted by Crippen LogP contribution is -2.47. The van der Waals surface area contributed by atoms with Crippen molar-refractivity contribution in [1.82, 2.24) is 0 Å². The highest BCUT2D eigenvalue weighted by Gasteiger charge is 2.37. The van der Waals surface area contributed by atoms with E-state index in [1.807, 2.05) is 32.9 Å². The monoisotopic (exact) mass is 371 g/mol. The summed E-state index contributed by atoms with van der Waals surface area (Å²) in [5.41, 5.74) is 2.89. The number of carbonyl (C=O) groups excluding carboxylic acids is 1. The Bertz CT molecular complexity index is 726. The average Bonchev–Trinajstić information content (AvgIpc) is 2.62. The van der Waals surface area contributed by atoms with Crippen LogP contribution in [0.2, 0.25) is 0 Å². The van der Waals surface area contributed by atoms with E-state index in [1.54, 1.807) is 14.2 Å². The minimum Gasteiger partial charge on any atom is -0.501 e. The molecule has 4 heteroatoms. The summed E-state index contributed by atoms with van der Waals surface area (Å²) < 4.78 is 10.6. The van der Waals surface area contributed by atoms with Crippen LogP contribution < -0.4 is 4.90 Å². The van der Waals surface area contributed by atoms with Gasteiger partial charge in [0.05, 0.1) is 26.0 Å². The number of piperidine rings is 1. The molecular weight excluding hydrogens is 338 g/mol. The Kier molecular flexibility index (Phi) is 6.53. The molecule has 1 heterocycles. The van der Waals surface area contributed by atoms with Gasteiger partial charge in [-0.15, -0.1) is 0 Å². The molecule has 1 fully saturated rings. The summed E-state index contributed by atoms with van der Waals surface area (Å²) >= 11 is 0. The van der Waals surface area contributed by atoms with Crippen LogP contribution in [0.5, 0.6) is 0 Å². The number of benzene rings is 1. The average molecular weight is 372 g/mol. The predicted molar refractivity (Wildman–Crippen MR) is 111 cm³/mol. The number of carbonyl (C=O) groups is 1. The lowest BCUT2D eigenvalue weighted by molar-refractivity contribution is -0.124. The van der Waals surface area contributed by atoms with Gasteiger partial charge < -0.3 is 14.4 Å². The van der Waals surface area contributed by atoms with E-state index in [2.05, 4.69) is 43.0 Å². The molecule has 1 aromatic carbocycles. The van der Waals surface area contributed by atoms with Crippen LogP contribution in [0.4, 0.5) is 5.69 Å². The van der Waals surface area contributed by atoms with Crippen LogP contribution in [-0.4, -0.2) is 39.7 Å². The van der Waals surface area contributed by atoms with Gasteiger partial charge in [0.2, 0.25) is 0 Å². The number of methoxy groups -OCH3 is 2. The van der Waals surface area contributed by atoms with Gasteiger partial charge >= 0.3 is 0 Å². The summed E-state index contributed by atoms with van der Waals surface area (Å²) in [6.45, 7) is 12.1. The van der Waals surface area contributed by atoms with Crippen molar-refractivity contribution in [3.63, 3.8) is 0 Å². The van der Waals surface area contributed by atoms with E-state index in [-0.39, 0.29) is 11.2 Å². The summed E-state index contributed by atoms with van der Waals surface area (Å²) in [5, 5.41) is 0. The molecule has 148 valence electrons. The van der Waals surface area contributed by atoms with Gasteiger partial charge in [-0.05, 0) is 50.1 Å². The maximum Gasteiger partial charge on any atom is 0.161 e. The summed E-state index contributed by atoms with van der Waals surface area (Å²) in [4.78, 5) is 14.9. The Labute approximate surface area is 163 Å². The summed E-state index contributed by atoms with van der Waals surface area (Å²) in [6, 6.07) is 8.48. The number of hydrogen-bond acceptors (Lipinski definition) is 4. The van der Waals surface area contributed by atoms with Crippen LogP contribution in [0.15, 0.2) is 47.7 Å². The van der Waals surface area contributed by atoms with Crippen LogP contribution in [0.25, 0.3) is 0 Å². The van der Waals surface area contributed by atoms with Crippen LogP contribution in [0.3, 0.4) is 0 Å². The molecule has 1 aliphatic rings. The van der Waals surface area contributed by atoms with Gasteiger partial charge in [0.1, 0.15) is 0 Å². The van der Waals surface area contributed by atoms with Crippen molar-refractivity contribution in [2.45, 2.75) is 40.0 Å². The number of Topliss-reactive ketones (excluding diaryl/α,β-unsaturated/α-hetero) is 1. The van der Waals surface area contributed by atoms with Crippen molar-refractivity contribution in [2.24, 2.45) is 5.41 Å². The van der Waals surface area contributed by atoms with Gasteiger partial charge in [-0.2, -0.15) is 0 Å². The number of nitrogens with zero attached hydrogens (tertiary/aromatic N) is 1. The second-order valence-electron chi connectivity index (χ2n) is 8.44. The molecule has 1 aliphatic heterocycles. The maximum absolute atomic E-state index is 12.8. The Morgan fingerprint density at radius 3 is 2.37 bits per heavy atom. The molecule has 0 saturated carbocycles. The van der Waals surface area contributed by atoms with E-state index in [0.29, 0.717) is 13.2 Å². The molecule has 0 amide bonds. The van der Waals surface area contributed by atoms with E-state index in [9.17, 15) is 4.79 Å². The van der Waals surface area contributed by atoms with Crippen molar-refractivity contribution in [3.8, 4) is 0 Å². The maximum atomic E-state index is 12.8. The van der Waals surface area contributed by atoms with E-state index in [0.717, 1.165) is 23.6 Å². The van der Waals surface area contributed by atoms with Gasteiger partial charge in [0, 0.05) is 30.2 Å². The molecule has 0 aromatic heterocycles. The number of allylic oxidation sites excluding steroid dienone is 3. The largest absolute Gasteiger partial charge is 0.501 e. The van der Waals surface area contributed by atoms with Crippen molar-refractivity contribution < 1.29 is 14.3 Å². The van der Waals surface area contributed by atoms with Gasteiger partial charge in [-0.1, -0.05) is 32.1 Å². The molecule has 0 radical (unpaired) electrons. The van der Waals surface area contributed by atoms with Gasteiger partial charge in [-0.3, -0.25) is 4.79 Å². The number of hydrogen-bond donors (Lipinski definition) is 0. The van der Waals surface area contributed by atoms with Gasteiger partial charge in [0.25, 0.3) is 0 Å². The van der Waals surface area contributed by atoms with Crippen LogP contribution in [-0.2, 0) is 19.7 Å². The standard InChI is InChI=1S/C23H33NO3/c1-17(27-7)8-9-19-14-24(15-21(25)23(19,4)5)20-12-10-18(11-13-20)22(2,3)16-26-6/h8-13H,14-16H2,1-7H3/b17-8+,19-9-. The highest BCUT2D eigenvalue weighted by Crippen LogP contribution is 2.35. The minimum atomic E-state index is -0.457. The predicted octanol–water partition coefficient (Wildman–Crippen LogP) is 4.50. The highest BCUT2D eigenvalue weighted by molar-refractivity contribution is 5.93.